The molecule has 0 aliphatic carbocycles. The van der Waals surface area contributed by atoms with Gasteiger partial charge < -0.3 is 14.9 Å². The van der Waals surface area contributed by atoms with Crippen LogP contribution in [0.5, 0.6) is 0 Å². The van der Waals surface area contributed by atoms with Crippen LogP contribution in [0.2, 0.25) is 0 Å². The molecule has 4 aromatic rings. The Hall–Kier alpha value is -3.43. The predicted molar refractivity (Wildman–Crippen MR) is 142 cm³/mol. The monoisotopic (exact) mass is 517 g/mol. The van der Waals surface area contributed by atoms with Crippen molar-refractivity contribution < 1.29 is 14.3 Å². The van der Waals surface area contributed by atoms with E-state index in [9.17, 15) is 9.90 Å². The van der Waals surface area contributed by atoms with Gasteiger partial charge in [-0.3, -0.25) is 4.79 Å². The molecule has 2 aliphatic rings. The van der Waals surface area contributed by atoms with E-state index in [1.54, 1.807) is 36.9 Å². The fourth-order valence-electron chi connectivity index (χ4n) is 5.40. The molecule has 0 unspecified atom stereocenters. The van der Waals surface area contributed by atoms with Gasteiger partial charge in [0.25, 0.3) is 5.91 Å². The highest BCUT2D eigenvalue weighted by atomic mass is 32.1. The Labute approximate surface area is 218 Å². The molecule has 4 heterocycles. The molecule has 2 aliphatic heterocycles. The van der Waals surface area contributed by atoms with Crippen molar-refractivity contribution >= 4 is 33.4 Å². The Morgan fingerprint density at radius 3 is 2.46 bits per heavy atom. The number of carbonyl (C=O) groups excluding carboxylic acids is 1. The molecule has 2 aromatic heterocycles. The lowest BCUT2D eigenvalue weighted by molar-refractivity contribution is 0.0735. The molecule has 1 amide bonds. The fraction of sp³-hybridized carbons (Fsp3) is 0.357. The van der Waals surface area contributed by atoms with E-state index in [-0.39, 0.29) is 23.3 Å². The molecule has 9 heteroatoms. The summed E-state index contributed by atoms with van der Waals surface area (Å²) in [7, 11) is 0. The second-order valence-electron chi connectivity index (χ2n) is 10.5. The predicted octanol–water partition coefficient (Wildman–Crippen LogP) is 4.64. The molecule has 2 saturated heterocycles. The molecule has 2 fully saturated rings. The quantitative estimate of drug-likeness (QED) is 0.425. The SMILES string of the molecule is Cc1cc(C(C)(C)O)nc(N2C[C@H]3CN(C(=O)c4c(F)cccc4-c4nc5ccccc5s4)C[C@H]3C2)n1. The van der Waals surface area contributed by atoms with E-state index in [1.807, 2.05) is 31.2 Å². The topological polar surface area (TPSA) is 82.5 Å². The van der Waals surface area contributed by atoms with Gasteiger partial charge in [0.1, 0.15) is 16.4 Å². The Morgan fingerprint density at radius 2 is 1.76 bits per heavy atom. The van der Waals surface area contributed by atoms with Gasteiger partial charge in [0, 0.05) is 49.3 Å². The number of benzene rings is 2. The van der Waals surface area contributed by atoms with Crippen LogP contribution >= 0.6 is 11.3 Å². The Morgan fingerprint density at radius 1 is 1.03 bits per heavy atom. The van der Waals surface area contributed by atoms with Crippen molar-refractivity contribution in [3.63, 3.8) is 0 Å². The minimum absolute atomic E-state index is 0.0928. The number of amides is 1. The van der Waals surface area contributed by atoms with Gasteiger partial charge in [-0.05, 0) is 45.0 Å². The van der Waals surface area contributed by atoms with E-state index in [1.165, 1.54) is 17.4 Å². The van der Waals surface area contributed by atoms with Crippen LogP contribution in [0, 0.1) is 24.6 Å². The van der Waals surface area contributed by atoms with Crippen molar-refractivity contribution in [2.75, 3.05) is 31.1 Å². The third-order valence-electron chi connectivity index (χ3n) is 7.28. The highest BCUT2D eigenvalue weighted by molar-refractivity contribution is 7.21. The van der Waals surface area contributed by atoms with Crippen LogP contribution in [0.25, 0.3) is 20.8 Å². The van der Waals surface area contributed by atoms with Crippen molar-refractivity contribution in [2.45, 2.75) is 26.4 Å². The number of halogens is 1. The number of nitrogens with zero attached hydrogens (tertiary/aromatic N) is 5. The molecule has 0 spiro atoms. The number of para-hydroxylation sites is 1. The zero-order chi connectivity index (χ0) is 25.9. The molecule has 190 valence electrons. The van der Waals surface area contributed by atoms with E-state index in [0.29, 0.717) is 48.4 Å². The molecule has 37 heavy (non-hydrogen) atoms. The molecule has 1 N–H and O–H groups in total. The van der Waals surface area contributed by atoms with Gasteiger partial charge in [0.2, 0.25) is 5.95 Å². The summed E-state index contributed by atoms with van der Waals surface area (Å²) in [5.41, 5.74) is 1.81. The number of aromatic nitrogens is 3. The standard InChI is InChI=1S/C28H28FN5O2S/c1-16-11-23(28(2,3)36)32-27(30-16)34-14-17-12-33(13-18(17)15-34)26(35)24-19(7-6-8-20(24)29)25-31-21-9-4-5-10-22(21)37-25/h4-11,17-18,36H,12-15H2,1-3H3/t17-,18+. The second kappa shape index (κ2) is 8.85. The Kier molecular flexibility index (Phi) is 5.72. The van der Waals surface area contributed by atoms with Gasteiger partial charge in [-0.25, -0.2) is 19.3 Å². The highest BCUT2D eigenvalue weighted by Gasteiger charge is 2.43. The number of fused-ring (bicyclic) bond motifs is 2. The van der Waals surface area contributed by atoms with E-state index >= 15 is 4.39 Å². The molecule has 0 radical (unpaired) electrons. The Balaban J connectivity index is 1.23. The summed E-state index contributed by atoms with van der Waals surface area (Å²) < 4.78 is 16.1. The van der Waals surface area contributed by atoms with Crippen LogP contribution in [-0.2, 0) is 5.60 Å². The summed E-state index contributed by atoms with van der Waals surface area (Å²) in [6, 6.07) is 14.3. The molecule has 0 saturated carbocycles. The average Bonchev–Trinajstić information content (AvgIpc) is 3.55. The molecule has 0 bridgehead atoms. The molecule has 7 nitrogen and oxygen atoms in total. The van der Waals surface area contributed by atoms with Crippen molar-refractivity contribution in [3.05, 3.63) is 71.3 Å². The average molecular weight is 518 g/mol. The maximum Gasteiger partial charge on any atom is 0.257 e. The van der Waals surface area contributed by atoms with Gasteiger partial charge in [0.15, 0.2) is 0 Å². The van der Waals surface area contributed by atoms with Crippen LogP contribution in [-0.4, -0.2) is 57.0 Å². The zero-order valence-corrected chi connectivity index (χ0v) is 21.8. The number of hydrogen-bond donors (Lipinski definition) is 1. The normalized spacial score (nSPS) is 19.6. The summed E-state index contributed by atoms with van der Waals surface area (Å²) in [6.45, 7) is 7.86. The van der Waals surface area contributed by atoms with E-state index in [4.69, 9.17) is 0 Å². The number of anilines is 1. The van der Waals surface area contributed by atoms with Crippen molar-refractivity contribution in [3.8, 4) is 10.6 Å². The van der Waals surface area contributed by atoms with E-state index < -0.39 is 11.4 Å². The van der Waals surface area contributed by atoms with E-state index in [2.05, 4.69) is 19.9 Å². The lowest BCUT2D eigenvalue weighted by Crippen LogP contribution is -2.34. The first kappa shape index (κ1) is 23.9. The van der Waals surface area contributed by atoms with Crippen molar-refractivity contribution in [1.29, 1.82) is 0 Å². The first-order chi connectivity index (χ1) is 17.7. The maximum absolute atomic E-state index is 15.1. The van der Waals surface area contributed by atoms with Crippen molar-refractivity contribution in [2.24, 2.45) is 11.8 Å². The molecular weight excluding hydrogens is 489 g/mol. The number of thiazole rings is 1. The summed E-state index contributed by atoms with van der Waals surface area (Å²) >= 11 is 1.46. The lowest BCUT2D eigenvalue weighted by Gasteiger charge is -2.24. The number of rotatable bonds is 4. The van der Waals surface area contributed by atoms with Gasteiger partial charge in [-0.15, -0.1) is 11.3 Å². The molecule has 2 atom stereocenters. The first-order valence-electron chi connectivity index (χ1n) is 12.4. The number of hydrogen-bond acceptors (Lipinski definition) is 7. The van der Waals surface area contributed by atoms with Crippen molar-refractivity contribution in [1.82, 2.24) is 19.9 Å². The smallest absolute Gasteiger partial charge is 0.257 e. The first-order valence-corrected chi connectivity index (χ1v) is 13.3. The summed E-state index contributed by atoms with van der Waals surface area (Å²) in [5.74, 6) is 0.293. The van der Waals surface area contributed by atoms with Gasteiger partial charge in [-0.1, -0.05) is 24.3 Å². The molecule has 6 rings (SSSR count). The Bertz CT molecular complexity index is 1470. The largest absolute Gasteiger partial charge is 0.384 e. The van der Waals surface area contributed by atoms with Crippen LogP contribution in [0.4, 0.5) is 10.3 Å². The van der Waals surface area contributed by atoms with Crippen LogP contribution in [0.1, 0.15) is 35.6 Å². The minimum atomic E-state index is -1.05. The maximum atomic E-state index is 15.1. The second-order valence-corrected chi connectivity index (χ2v) is 11.6. The fourth-order valence-corrected chi connectivity index (χ4v) is 6.39. The molecule has 2 aromatic carbocycles. The van der Waals surface area contributed by atoms with Crippen LogP contribution in [0.15, 0.2) is 48.5 Å². The number of aliphatic hydroxyl groups is 1. The molecular formula is C28H28FN5O2S. The third-order valence-corrected chi connectivity index (χ3v) is 8.35. The third kappa shape index (κ3) is 4.36. The minimum Gasteiger partial charge on any atom is -0.384 e. The lowest BCUT2D eigenvalue weighted by atomic mass is 10.0. The summed E-state index contributed by atoms with van der Waals surface area (Å²) in [6.07, 6.45) is 0. The highest BCUT2D eigenvalue weighted by Crippen LogP contribution is 2.37. The number of aryl methyl sites for hydroxylation is 1. The van der Waals surface area contributed by atoms with Gasteiger partial charge in [0.05, 0.1) is 21.5 Å². The zero-order valence-electron chi connectivity index (χ0n) is 21.0. The summed E-state index contributed by atoms with van der Waals surface area (Å²) in [5, 5.41) is 11.1. The van der Waals surface area contributed by atoms with Crippen LogP contribution in [0.3, 0.4) is 0 Å². The van der Waals surface area contributed by atoms with E-state index in [0.717, 1.165) is 15.9 Å². The van der Waals surface area contributed by atoms with Gasteiger partial charge >= 0.3 is 0 Å². The summed E-state index contributed by atoms with van der Waals surface area (Å²) in [4.78, 5) is 31.5. The number of likely N-dealkylation sites (tertiary alicyclic amines) is 1. The number of carbonyl (C=O) groups is 1. The van der Waals surface area contributed by atoms with Crippen LogP contribution < -0.4 is 4.90 Å². The van der Waals surface area contributed by atoms with Gasteiger partial charge in [-0.2, -0.15) is 0 Å².